The van der Waals surface area contributed by atoms with Crippen LogP contribution in [0.15, 0.2) is 52.9 Å². The summed E-state index contributed by atoms with van der Waals surface area (Å²) in [6, 6.07) is 16.0. The minimum atomic E-state index is 0.0527. The van der Waals surface area contributed by atoms with E-state index in [0.717, 1.165) is 35.6 Å². The second-order valence-corrected chi connectivity index (χ2v) is 7.99. The number of hydrogen-bond donors (Lipinski definition) is 0. The van der Waals surface area contributed by atoms with Crippen molar-refractivity contribution < 1.29 is 13.9 Å². The van der Waals surface area contributed by atoms with Crippen LogP contribution in [0.3, 0.4) is 0 Å². The smallest absolute Gasteiger partial charge is 0.226 e. The van der Waals surface area contributed by atoms with Crippen molar-refractivity contribution in [3.63, 3.8) is 0 Å². The van der Waals surface area contributed by atoms with E-state index in [1.165, 1.54) is 11.1 Å². The number of methoxy groups -OCH3 is 1. The SMILES string of the molecule is COc1ccc(-c2nc(CSCC(=O)C3CCc4ccccc43)c(C)o2)cc1. The van der Waals surface area contributed by atoms with Crippen LogP contribution in [0.25, 0.3) is 11.5 Å². The molecule has 0 saturated carbocycles. The van der Waals surface area contributed by atoms with Gasteiger partial charge in [-0.05, 0) is 55.2 Å². The zero-order chi connectivity index (χ0) is 19.5. The predicted octanol–water partition coefficient (Wildman–Crippen LogP) is 5.19. The molecule has 4 rings (SSSR count). The van der Waals surface area contributed by atoms with Gasteiger partial charge in [-0.2, -0.15) is 0 Å². The number of aryl methyl sites for hydroxylation is 2. The Morgan fingerprint density at radius 1 is 1.21 bits per heavy atom. The van der Waals surface area contributed by atoms with Crippen LogP contribution in [-0.2, 0) is 17.0 Å². The van der Waals surface area contributed by atoms with Crippen LogP contribution >= 0.6 is 11.8 Å². The third kappa shape index (κ3) is 3.85. The van der Waals surface area contributed by atoms with Crippen LogP contribution < -0.4 is 4.74 Å². The quantitative estimate of drug-likeness (QED) is 0.553. The van der Waals surface area contributed by atoms with Gasteiger partial charge in [-0.25, -0.2) is 4.98 Å². The van der Waals surface area contributed by atoms with Gasteiger partial charge in [0.2, 0.25) is 5.89 Å². The van der Waals surface area contributed by atoms with Crippen LogP contribution in [0.4, 0.5) is 0 Å². The van der Waals surface area contributed by atoms with Gasteiger partial charge in [0.05, 0.1) is 18.6 Å². The van der Waals surface area contributed by atoms with Gasteiger partial charge in [-0.1, -0.05) is 24.3 Å². The average Bonchev–Trinajstić information content (AvgIpc) is 3.32. The van der Waals surface area contributed by atoms with Gasteiger partial charge >= 0.3 is 0 Å². The number of aromatic nitrogens is 1. The number of benzene rings is 2. The lowest BCUT2D eigenvalue weighted by atomic mass is 9.98. The standard InChI is InChI=1S/C23H23NO3S/c1-15-21(24-23(27-15)17-7-10-18(26-2)11-8-17)13-28-14-22(25)20-12-9-16-5-3-4-6-19(16)20/h3-8,10-11,20H,9,12-14H2,1-2H3. The van der Waals surface area contributed by atoms with Gasteiger partial charge < -0.3 is 9.15 Å². The number of fused-ring (bicyclic) bond motifs is 1. The van der Waals surface area contributed by atoms with Gasteiger partial charge in [-0.15, -0.1) is 11.8 Å². The summed E-state index contributed by atoms with van der Waals surface area (Å²) in [5.74, 6) is 3.75. The molecule has 0 N–H and O–H groups in total. The van der Waals surface area contributed by atoms with E-state index in [9.17, 15) is 4.79 Å². The largest absolute Gasteiger partial charge is 0.497 e. The number of ether oxygens (including phenoxy) is 1. The van der Waals surface area contributed by atoms with Crippen molar-refractivity contribution in [3.05, 3.63) is 71.1 Å². The van der Waals surface area contributed by atoms with Crippen LogP contribution in [-0.4, -0.2) is 23.6 Å². The second-order valence-electron chi connectivity index (χ2n) is 7.00. The number of carbonyl (C=O) groups is 1. The third-order valence-electron chi connectivity index (χ3n) is 5.23. The van der Waals surface area contributed by atoms with E-state index >= 15 is 0 Å². The minimum absolute atomic E-state index is 0.0527. The molecule has 0 amide bonds. The molecule has 0 bridgehead atoms. The van der Waals surface area contributed by atoms with E-state index in [-0.39, 0.29) is 5.92 Å². The van der Waals surface area contributed by atoms with Gasteiger partial charge in [0.25, 0.3) is 0 Å². The van der Waals surface area contributed by atoms with Crippen molar-refractivity contribution in [2.24, 2.45) is 0 Å². The molecule has 1 heterocycles. The molecule has 0 spiro atoms. The fourth-order valence-electron chi connectivity index (χ4n) is 3.66. The molecule has 28 heavy (non-hydrogen) atoms. The number of carbonyl (C=O) groups excluding carboxylic acids is 1. The molecule has 4 nitrogen and oxygen atoms in total. The predicted molar refractivity (Wildman–Crippen MR) is 112 cm³/mol. The van der Waals surface area contributed by atoms with Crippen LogP contribution in [0, 0.1) is 6.92 Å². The Morgan fingerprint density at radius 2 is 2.00 bits per heavy atom. The first-order valence-electron chi connectivity index (χ1n) is 9.44. The zero-order valence-electron chi connectivity index (χ0n) is 16.1. The van der Waals surface area contributed by atoms with Gasteiger partial charge in [0, 0.05) is 17.2 Å². The Morgan fingerprint density at radius 3 is 2.79 bits per heavy atom. The van der Waals surface area contributed by atoms with Crippen molar-refractivity contribution >= 4 is 17.5 Å². The number of ketones is 1. The molecule has 0 saturated heterocycles. The van der Waals surface area contributed by atoms with E-state index in [2.05, 4.69) is 17.1 Å². The molecular formula is C23H23NO3S. The van der Waals surface area contributed by atoms with Gasteiger partial charge in [-0.3, -0.25) is 4.79 Å². The average molecular weight is 394 g/mol. The Labute approximate surface area is 169 Å². The summed E-state index contributed by atoms with van der Waals surface area (Å²) in [6.45, 7) is 1.92. The van der Waals surface area contributed by atoms with E-state index in [4.69, 9.17) is 9.15 Å². The van der Waals surface area contributed by atoms with E-state index in [0.29, 0.717) is 23.2 Å². The Hall–Kier alpha value is -2.53. The molecule has 5 heteroatoms. The molecule has 144 valence electrons. The lowest BCUT2D eigenvalue weighted by Crippen LogP contribution is -2.12. The minimum Gasteiger partial charge on any atom is -0.497 e. The number of hydrogen-bond acceptors (Lipinski definition) is 5. The number of rotatable bonds is 7. The maximum atomic E-state index is 12.7. The molecule has 1 atom stereocenters. The highest BCUT2D eigenvalue weighted by Gasteiger charge is 2.27. The molecule has 3 aromatic rings. The van der Waals surface area contributed by atoms with Crippen molar-refractivity contribution in [3.8, 4) is 17.2 Å². The lowest BCUT2D eigenvalue weighted by Gasteiger charge is -2.09. The van der Waals surface area contributed by atoms with Crippen molar-refractivity contribution in [2.45, 2.75) is 31.4 Å². The Kier molecular flexibility index (Phi) is 5.53. The summed E-state index contributed by atoms with van der Waals surface area (Å²) < 4.78 is 11.0. The molecule has 0 aliphatic heterocycles. The molecule has 1 aliphatic carbocycles. The number of Topliss-reactive ketones (excluding diaryl/α,β-unsaturated/α-hetero) is 1. The van der Waals surface area contributed by atoms with Crippen LogP contribution in [0.1, 0.15) is 34.9 Å². The highest BCUT2D eigenvalue weighted by Crippen LogP contribution is 2.34. The van der Waals surface area contributed by atoms with Crippen molar-refractivity contribution in [2.75, 3.05) is 12.9 Å². The molecule has 1 aliphatic rings. The van der Waals surface area contributed by atoms with Crippen molar-refractivity contribution in [1.82, 2.24) is 4.98 Å². The van der Waals surface area contributed by atoms with Crippen molar-refractivity contribution in [1.29, 1.82) is 0 Å². The summed E-state index contributed by atoms with van der Waals surface area (Å²) in [4.78, 5) is 17.3. The third-order valence-corrected chi connectivity index (χ3v) is 6.20. The van der Waals surface area contributed by atoms with Crippen LogP contribution in [0.2, 0.25) is 0 Å². The Balaban J connectivity index is 1.36. The number of nitrogens with zero attached hydrogens (tertiary/aromatic N) is 1. The van der Waals surface area contributed by atoms with E-state index in [1.54, 1.807) is 18.9 Å². The summed E-state index contributed by atoms with van der Waals surface area (Å²) in [6.07, 6.45) is 1.94. The molecule has 0 radical (unpaired) electrons. The fourth-order valence-corrected chi connectivity index (χ4v) is 4.63. The summed E-state index contributed by atoms with van der Waals surface area (Å²) in [7, 11) is 1.64. The highest BCUT2D eigenvalue weighted by molar-refractivity contribution is 7.99. The first-order valence-corrected chi connectivity index (χ1v) is 10.6. The molecular weight excluding hydrogens is 370 g/mol. The molecule has 0 fully saturated rings. The van der Waals surface area contributed by atoms with Gasteiger partial charge in [0.15, 0.2) is 0 Å². The van der Waals surface area contributed by atoms with E-state index in [1.807, 2.05) is 43.3 Å². The fraction of sp³-hybridized carbons (Fsp3) is 0.304. The molecule has 1 aromatic heterocycles. The highest BCUT2D eigenvalue weighted by atomic mass is 32.2. The first kappa shape index (κ1) is 18.8. The monoisotopic (exact) mass is 393 g/mol. The second kappa shape index (κ2) is 8.23. The summed E-state index contributed by atoms with van der Waals surface area (Å²) in [5, 5.41) is 0. The lowest BCUT2D eigenvalue weighted by molar-refractivity contribution is -0.117. The first-order chi connectivity index (χ1) is 13.7. The zero-order valence-corrected chi connectivity index (χ0v) is 16.9. The normalized spacial score (nSPS) is 15.4. The van der Waals surface area contributed by atoms with Crippen LogP contribution in [0.5, 0.6) is 5.75 Å². The maximum Gasteiger partial charge on any atom is 0.226 e. The van der Waals surface area contributed by atoms with Gasteiger partial charge in [0.1, 0.15) is 17.3 Å². The maximum absolute atomic E-state index is 12.7. The van der Waals surface area contributed by atoms with E-state index < -0.39 is 0 Å². The topological polar surface area (TPSA) is 52.3 Å². The Bertz CT molecular complexity index is 978. The summed E-state index contributed by atoms with van der Waals surface area (Å²) >= 11 is 1.61. The number of oxazole rings is 1. The number of thioether (sulfide) groups is 1. The summed E-state index contributed by atoms with van der Waals surface area (Å²) in [5.41, 5.74) is 4.35. The molecule has 1 unspecified atom stereocenters. The molecule has 2 aromatic carbocycles.